The highest BCUT2D eigenvalue weighted by molar-refractivity contribution is 6.33. The number of carbonyl (C=O) groups is 3. The first-order chi connectivity index (χ1) is 13.3. The van der Waals surface area contributed by atoms with E-state index < -0.39 is 17.9 Å². The van der Waals surface area contributed by atoms with Crippen LogP contribution >= 0.6 is 11.6 Å². The van der Waals surface area contributed by atoms with Crippen LogP contribution in [-0.2, 0) is 14.4 Å². The first kappa shape index (κ1) is 21.2. The van der Waals surface area contributed by atoms with Gasteiger partial charge in [0.2, 0.25) is 11.8 Å². The lowest BCUT2D eigenvalue weighted by atomic mass is 10.2. The van der Waals surface area contributed by atoms with E-state index in [0.29, 0.717) is 16.5 Å². The third kappa shape index (κ3) is 6.92. The number of anilines is 1. The fourth-order valence-electron chi connectivity index (χ4n) is 2.17. The molecule has 0 fully saturated rings. The number of aryl methyl sites for hydroxylation is 1. The highest BCUT2D eigenvalue weighted by atomic mass is 35.5. The molecule has 0 aromatic heterocycles. The number of amides is 3. The summed E-state index contributed by atoms with van der Waals surface area (Å²) in [6.07, 6.45) is -0.946. The Kier molecular flexibility index (Phi) is 7.83. The SMILES string of the molecule is Cc1ccc(OC(C)C(=O)NNC(=O)CCC(=O)Nc2ccccc2Cl)cc1. The van der Waals surface area contributed by atoms with Gasteiger partial charge in [-0.1, -0.05) is 41.4 Å². The van der Waals surface area contributed by atoms with E-state index in [4.69, 9.17) is 16.3 Å². The molecule has 0 heterocycles. The summed E-state index contributed by atoms with van der Waals surface area (Å²) in [5, 5.41) is 3.03. The normalized spacial score (nSPS) is 11.2. The van der Waals surface area contributed by atoms with Crippen molar-refractivity contribution in [1.82, 2.24) is 10.9 Å². The van der Waals surface area contributed by atoms with Crippen LogP contribution in [0.25, 0.3) is 0 Å². The van der Waals surface area contributed by atoms with Crippen molar-refractivity contribution >= 4 is 35.0 Å². The monoisotopic (exact) mass is 403 g/mol. The Morgan fingerprint density at radius 2 is 1.61 bits per heavy atom. The van der Waals surface area contributed by atoms with E-state index in [1.807, 2.05) is 19.1 Å². The number of para-hydroxylation sites is 1. The van der Waals surface area contributed by atoms with Crippen molar-refractivity contribution in [2.24, 2.45) is 0 Å². The number of rotatable bonds is 7. The van der Waals surface area contributed by atoms with Gasteiger partial charge in [-0.2, -0.15) is 0 Å². The van der Waals surface area contributed by atoms with Crippen LogP contribution in [0.1, 0.15) is 25.3 Å². The molecule has 2 aromatic rings. The van der Waals surface area contributed by atoms with Crippen molar-refractivity contribution < 1.29 is 19.1 Å². The van der Waals surface area contributed by atoms with Crippen LogP contribution in [0.2, 0.25) is 5.02 Å². The molecule has 148 valence electrons. The summed E-state index contributed by atoms with van der Waals surface area (Å²) < 4.78 is 5.50. The van der Waals surface area contributed by atoms with Gasteiger partial charge < -0.3 is 10.1 Å². The van der Waals surface area contributed by atoms with Crippen LogP contribution in [-0.4, -0.2) is 23.8 Å². The molecule has 0 aliphatic rings. The van der Waals surface area contributed by atoms with Gasteiger partial charge >= 0.3 is 0 Å². The lowest BCUT2D eigenvalue weighted by molar-refractivity contribution is -0.133. The molecule has 1 atom stereocenters. The minimum atomic E-state index is -0.800. The summed E-state index contributed by atoms with van der Waals surface area (Å²) in [6.45, 7) is 3.52. The molecule has 7 nitrogen and oxygen atoms in total. The van der Waals surface area contributed by atoms with Crippen molar-refractivity contribution in [3.05, 3.63) is 59.1 Å². The zero-order valence-electron chi connectivity index (χ0n) is 15.6. The van der Waals surface area contributed by atoms with Gasteiger partial charge in [-0.3, -0.25) is 25.2 Å². The van der Waals surface area contributed by atoms with Crippen molar-refractivity contribution in [2.75, 3.05) is 5.32 Å². The van der Waals surface area contributed by atoms with E-state index in [1.165, 1.54) is 0 Å². The van der Waals surface area contributed by atoms with Crippen molar-refractivity contribution in [1.29, 1.82) is 0 Å². The predicted molar refractivity (Wildman–Crippen MR) is 107 cm³/mol. The van der Waals surface area contributed by atoms with Crippen molar-refractivity contribution in [2.45, 2.75) is 32.8 Å². The maximum atomic E-state index is 12.0. The van der Waals surface area contributed by atoms with Crippen LogP contribution in [0.15, 0.2) is 48.5 Å². The standard InChI is InChI=1S/C20H22ClN3O4/c1-13-7-9-15(10-8-13)28-14(2)20(27)24-23-19(26)12-11-18(25)22-17-6-4-3-5-16(17)21/h3-10,14H,11-12H2,1-2H3,(H,22,25)(H,23,26)(H,24,27). The number of hydrogen-bond donors (Lipinski definition) is 3. The summed E-state index contributed by atoms with van der Waals surface area (Å²) in [5.41, 5.74) is 6.10. The summed E-state index contributed by atoms with van der Waals surface area (Å²) in [4.78, 5) is 35.7. The number of ether oxygens (including phenoxy) is 1. The lowest BCUT2D eigenvalue weighted by Gasteiger charge is -2.15. The van der Waals surface area contributed by atoms with Crippen LogP contribution in [0.4, 0.5) is 5.69 Å². The first-order valence-electron chi connectivity index (χ1n) is 8.71. The molecule has 0 radical (unpaired) electrons. The number of benzene rings is 2. The molecular weight excluding hydrogens is 382 g/mol. The summed E-state index contributed by atoms with van der Waals surface area (Å²) >= 11 is 5.96. The summed E-state index contributed by atoms with van der Waals surface area (Å²) in [6, 6.07) is 14.1. The molecule has 2 aromatic carbocycles. The Bertz CT molecular complexity index is 840. The largest absolute Gasteiger partial charge is 0.481 e. The predicted octanol–water partition coefficient (Wildman–Crippen LogP) is 2.98. The zero-order valence-corrected chi connectivity index (χ0v) is 16.4. The second-order valence-electron chi connectivity index (χ2n) is 6.14. The number of nitrogens with one attached hydrogen (secondary N) is 3. The number of halogens is 1. The van der Waals surface area contributed by atoms with Gasteiger partial charge in [-0.05, 0) is 38.1 Å². The first-order valence-corrected chi connectivity index (χ1v) is 9.09. The van der Waals surface area contributed by atoms with E-state index in [0.717, 1.165) is 5.56 Å². The molecule has 2 rings (SSSR count). The lowest BCUT2D eigenvalue weighted by Crippen LogP contribution is -2.47. The van der Waals surface area contributed by atoms with Gasteiger partial charge in [0.05, 0.1) is 10.7 Å². The van der Waals surface area contributed by atoms with E-state index in [-0.39, 0.29) is 18.7 Å². The number of hydrogen-bond acceptors (Lipinski definition) is 4. The molecule has 0 aliphatic heterocycles. The molecule has 0 spiro atoms. The maximum absolute atomic E-state index is 12.0. The molecular formula is C20H22ClN3O4. The molecule has 0 bridgehead atoms. The average molecular weight is 404 g/mol. The van der Waals surface area contributed by atoms with Gasteiger partial charge in [0.15, 0.2) is 6.10 Å². The minimum absolute atomic E-state index is 0.0532. The van der Waals surface area contributed by atoms with Gasteiger partial charge in [0, 0.05) is 12.8 Å². The van der Waals surface area contributed by atoms with Gasteiger partial charge in [-0.15, -0.1) is 0 Å². The molecule has 0 aliphatic carbocycles. The Hall–Kier alpha value is -3.06. The third-order valence-corrected chi connectivity index (χ3v) is 4.08. The quantitative estimate of drug-likeness (QED) is 0.619. The summed E-state index contributed by atoms with van der Waals surface area (Å²) in [7, 11) is 0. The molecule has 3 amide bonds. The minimum Gasteiger partial charge on any atom is -0.481 e. The average Bonchev–Trinajstić information content (AvgIpc) is 2.68. The van der Waals surface area contributed by atoms with E-state index >= 15 is 0 Å². The fourth-order valence-corrected chi connectivity index (χ4v) is 2.36. The van der Waals surface area contributed by atoms with E-state index in [1.54, 1.807) is 43.3 Å². The second kappa shape index (κ2) is 10.3. The van der Waals surface area contributed by atoms with Gasteiger partial charge in [0.25, 0.3) is 5.91 Å². The van der Waals surface area contributed by atoms with Crippen LogP contribution in [0.3, 0.4) is 0 Å². The zero-order chi connectivity index (χ0) is 20.5. The molecule has 3 N–H and O–H groups in total. The highest BCUT2D eigenvalue weighted by Crippen LogP contribution is 2.20. The fraction of sp³-hybridized carbons (Fsp3) is 0.250. The third-order valence-electron chi connectivity index (χ3n) is 3.76. The Labute approximate surface area is 168 Å². The molecule has 8 heteroatoms. The topological polar surface area (TPSA) is 96.5 Å². The van der Waals surface area contributed by atoms with Gasteiger partial charge in [-0.25, -0.2) is 0 Å². The van der Waals surface area contributed by atoms with E-state index in [2.05, 4.69) is 16.2 Å². The number of hydrazine groups is 1. The highest BCUT2D eigenvalue weighted by Gasteiger charge is 2.16. The molecule has 28 heavy (non-hydrogen) atoms. The Morgan fingerprint density at radius 3 is 2.29 bits per heavy atom. The maximum Gasteiger partial charge on any atom is 0.279 e. The molecule has 1 unspecified atom stereocenters. The van der Waals surface area contributed by atoms with Crippen LogP contribution in [0.5, 0.6) is 5.75 Å². The Balaban J connectivity index is 1.69. The van der Waals surface area contributed by atoms with Crippen molar-refractivity contribution in [3.63, 3.8) is 0 Å². The van der Waals surface area contributed by atoms with Gasteiger partial charge in [0.1, 0.15) is 5.75 Å². The second-order valence-corrected chi connectivity index (χ2v) is 6.55. The number of carbonyl (C=O) groups excluding carboxylic acids is 3. The van der Waals surface area contributed by atoms with Crippen molar-refractivity contribution in [3.8, 4) is 5.75 Å². The Morgan fingerprint density at radius 1 is 0.964 bits per heavy atom. The van der Waals surface area contributed by atoms with E-state index in [9.17, 15) is 14.4 Å². The molecule has 0 saturated heterocycles. The van der Waals surface area contributed by atoms with Crippen LogP contribution in [0, 0.1) is 6.92 Å². The smallest absolute Gasteiger partial charge is 0.279 e. The molecule has 0 saturated carbocycles. The van der Waals surface area contributed by atoms with Crippen LogP contribution < -0.4 is 20.9 Å². The summed E-state index contributed by atoms with van der Waals surface area (Å²) in [5.74, 6) is -0.805.